The zero-order valence-corrected chi connectivity index (χ0v) is 12.6. The lowest BCUT2D eigenvalue weighted by Crippen LogP contribution is -2.29. The summed E-state index contributed by atoms with van der Waals surface area (Å²) in [5.41, 5.74) is 2.37. The number of benzene rings is 2. The second-order valence-corrected chi connectivity index (χ2v) is 5.35. The van der Waals surface area contributed by atoms with Crippen molar-refractivity contribution in [3.63, 3.8) is 0 Å². The molecule has 3 nitrogen and oxygen atoms in total. The van der Waals surface area contributed by atoms with E-state index in [0.717, 1.165) is 11.5 Å². The van der Waals surface area contributed by atoms with Gasteiger partial charge in [-0.15, -0.1) is 0 Å². The zero-order valence-electron chi connectivity index (χ0n) is 12.6. The predicted molar refractivity (Wildman–Crippen MR) is 81.8 cm³/mol. The Kier molecular flexibility index (Phi) is 3.95. The van der Waals surface area contributed by atoms with Gasteiger partial charge in [0.15, 0.2) is 6.29 Å². The Hall–Kier alpha value is -1.84. The number of hydrogen-bond acceptors (Lipinski definition) is 3. The van der Waals surface area contributed by atoms with Gasteiger partial charge in [-0.1, -0.05) is 43.3 Å². The standard InChI is InChI=1S/C18H20O3/c1-12(18(19-2)20-3)17-13-8-4-6-10-15(13)21-16-11-7-5-9-14(16)17/h4-12,17-18H,1-3H3/t12-/m0/s1. The summed E-state index contributed by atoms with van der Waals surface area (Å²) in [6, 6.07) is 16.4. The molecule has 0 fully saturated rings. The third-order valence-electron chi connectivity index (χ3n) is 4.15. The molecule has 0 aliphatic carbocycles. The largest absolute Gasteiger partial charge is 0.457 e. The van der Waals surface area contributed by atoms with Crippen LogP contribution in [0.4, 0.5) is 0 Å². The van der Waals surface area contributed by atoms with Crippen molar-refractivity contribution in [1.82, 2.24) is 0 Å². The molecule has 0 spiro atoms. The lowest BCUT2D eigenvalue weighted by Gasteiger charge is -2.34. The molecule has 0 amide bonds. The SMILES string of the molecule is COC(OC)[C@@H](C)C1c2ccccc2Oc2ccccc21. The number of hydrogen-bond donors (Lipinski definition) is 0. The van der Waals surface area contributed by atoms with Crippen LogP contribution in [0.15, 0.2) is 48.5 Å². The summed E-state index contributed by atoms with van der Waals surface area (Å²) < 4.78 is 17.0. The van der Waals surface area contributed by atoms with Crippen molar-refractivity contribution in [2.45, 2.75) is 19.1 Å². The van der Waals surface area contributed by atoms with Crippen molar-refractivity contribution in [3.8, 4) is 11.5 Å². The highest BCUT2D eigenvalue weighted by Crippen LogP contribution is 2.48. The fourth-order valence-corrected chi connectivity index (χ4v) is 3.20. The van der Waals surface area contributed by atoms with Gasteiger partial charge in [-0.2, -0.15) is 0 Å². The highest BCUT2D eigenvalue weighted by molar-refractivity contribution is 5.53. The van der Waals surface area contributed by atoms with E-state index in [0.29, 0.717) is 0 Å². The number of ether oxygens (including phenoxy) is 3. The Balaban J connectivity index is 2.10. The zero-order chi connectivity index (χ0) is 14.8. The van der Waals surface area contributed by atoms with Gasteiger partial charge in [-0.25, -0.2) is 0 Å². The fourth-order valence-electron chi connectivity index (χ4n) is 3.20. The van der Waals surface area contributed by atoms with Crippen LogP contribution in [0.2, 0.25) is 0 Å². The van der Waals surface area contributed by atoms with Crippen LogP contribution in [0.5, 0.6) is 11.5 Å². The maximum Gasteiger partial charge on any atom is 0.160 e. The average Bonchev–Trinajstić information content (AvgIpc) is 2.53. The Morgan fingerprint density at radius 1 is 0.857 bits per heavy atom. The maximum absolute atomic E-state index is 6.02. The first kappa shape index (κ1) is 14.1. The third-order valence-corrected chi connectivity index (χ3v) is 4.15. The second-order valence-electron chi connectivity index (χ2n) is 5.35. The van der Waals surface area contributed by atoms with Crippen LogP contribution in [-0.2, 0) is 9.47 Å². The molecule has 21 heavy (non-hydrogen) atoms. The Bertz CT molecular complexity index is 574. The molecule has 0 saturated heterocycles. The molecule has 110 valence electrons. The van der Waals surface area contributed by atoms with Gasteiger partial charge in [-0.05, 0) is 12.1 Å². The lowest BCUT2D eigenvalue weighted by molar-refractivity contribution is -0.136. The minimum absolute atomic E-state index is 0.172. The van der Waals surface area contributed by atoms with E-state index in [-0.39, 0.29) is 18.1 Å². The molecule has 0 N–H and O–H groups in total. The summed E-state index contributed by atoms with van der Waals surface area (Å²) in [6.07, 6.45) is -0.255. The monoisotopic (exact) mass is 284 g/mol. The minimum Gasteiger partial charge on any atom is -0.457 e. The van der Waals surface area contributed by atoms with Crippen LogP contribution in [0, 0.1) is 5.92 Å². The van der Waals surface area contributed by atoms with Gasteiger partial charge in [0.25, 0.3) is 0 Å². The van der Waals surface area contributed by atoms with E-state index in [1.807, 2.05) is 36.4 Å². The molecule has 3 heteroatoms. The summed E-state index contributed by atoms with van der Waals surface area (Å²) >= 11 is 0. The van der Waals surface area contributed by atoms with Gasteiger partial charge >= 0.3 is 0 Å². The molecule has 1 atom stereocenters. The first-order valence-electron chi connectivity index (χ1n) is 7.17. The smallest absolute Gasteiger partial charge is 0.160 e. The van der Waals surface area contributed by atoms with E-state index in [2.05, 4.69) is 19.1 Å². The van der Waals surface area contributed by atoms with Crippen molar-refractivity contribution >= 4 is 0 Å². The van der Waals surface area contributed by atoms with E-state index >= 15 is 0 Å². The molecular weight excluding hydrogens is 264 g/mol. The summed E-state index contributed by atoms with van der Waals surface area (Å²) in [5.74, 6) is 2.19. The van der Waals surface area contributed by atoms with Gasteiger partial charge in [0.2, 0.25) is 0 Å². The van der Waals surface area contributed by atoms with E-state index in [1.54, 1.807) is 14.2 Å². The van der Waals surface area contributed by atoms with Crippen LogP contribution in [-0.4, -0.2) is 20.5 Å². The Morgan fingerprint density at radius 2 is 1.33 bits per heavy atom. The van der Waals surface area contributed by atoms with Crippen molar-refractivity contribution in [2.75, 3.05) is 14.2 Å². The molecule has 2 aromatic rings. The average molecular weight is 284 g/mol. The maximum atomic E-state index is 6.02. The lowest BCUT2D eigenvalue weighted by atomic mass is 9.79. The fraction of sp³-hybridized carbons (Fsp3) is 0.333. The molecule has 1 heterocycles. The summed E-state index contributed by atoms with van der Waals surface area (Å²) in [4.78, 5) is 0. The van der Waals surface area contributed by atoms with Crippen molar-refractivity contribution in [3.05, 3.63) is 59.7 Å². The number of methoxy groups -OCH3 is 2. The van der Waals surface area contributed by atoms with E-state index in [9.17, 15) is 0 Å². The van der Waals surface area contributed by atoms with Gasteiger partial charge in [-0.3, -0.25) is 0 Å². The quantitative estimate of drug-likeness (QED) is 0.788. The first-order chi connectivity index (χ1) is 10.3. The van der Waals surface area contributed by atoms with Gasteiger partial charge in [0.1, 0.15) is 11.5 Å². The van der Waals surface area contributed by atoms with E-state index < -0.39 is 0 Å². The number of rotatable bonds is 4. The minimum atomic E-state index is -0.255. The molecule has 0 saturated carbocycles. The predicted octanol–water partition coefficient (Wildman–Crippen LogP) is 4.18. The summed E-state index contributed by atoms with van der Waals surface area (Å²) in [7, 11) is 3.36. The first-order valence-corrected chi connectivity index (χ1v) is 7.17. The molecule has 0 radical (unpaired) electrons. The van der Waals surface area contributed by atoms with Crippen LogP contribution in [0.3, 0.4) is 0 Å². The van der Waals surface area contributed by atoms with Crippen molar-refractivity contribution in [2.24, 2.45) is 5.92 Å². The molecule has 1 aliphatic rings. The molecule has 2 aromatic carbocycles. The van der Waals surface area contributed by atoms with Crippen LogP contribution in [0.1, 0.15) is 24.0 Å². The Labute approximate surface area is 125 Å². The Morgan fingerprint density at radius 3 is 1.81 bits per heavy atom. The van der Waals surface area contributed by atoms with Crippen LogP contribution < -0.4 is 4.74 Å². The molecule has 0 bridgehead atoms. The topological polar surface area (TPSA) is 27.7 Å². The summed E-state index contributed by atoms with van der Waals surface area (Å²) in [6.45, 7) is 2.15. The highest BCUT2D eigenvalue weighted by atomic mass is 16.7. The number of fused-ring (bicyclic) bond motifs is 2. The van der Waals surface area contributed by atoms with Crippen molar-refractivity contribution < 1.29 is 14.2 Å². The highest BCUT2D eigenvalue weighted by Gasteiger charge is 2.35. The molecule has 3 rings (SSSR count). The molecular formula is C18H20O3. The van der Waals surface area contributed by atoms with E-state index in [1.165, 1.54) is 11.1 Å². The second kappa shape index (κ2) is 5.88. The van der Waals surface area contributed by atoms with Gasteiger partial charge < -0.3 is 14.2 Å². The van der Waals surface area contributed by atoms with Crippen molar-refractivity contribution in [1.29, 1.82) is 0 Å². The van der Waals surface area contributed by atoms with E-state index in [4.69, 9.17) is 14.2 Å². The normalized spacial score (nSPS) is 15.2. The third kappa shape index (κ3) is 2.43. The molecule has 0 unspecified atom stereocenters. The van der Waals surface area contributed by atoms with Crippen LogP contribution in [0.25, 0.3) is 0 Å². The van der Waals surface area contributed by atoms with Crippen LogP contribution >= 0.6 is 0 Å². The number of para-hydroxylation sites is 2. The van der Waals surface area contributed by atoms with Gasteiger partial charge in [0, 0.05) is 37.2 Å². The summed E-state index contributed by atoms with van der Waals surface area (Å²) in [5, 5.41) is 0. The van der Waals surface area contributed by atoms with Gasteiger partial charge in [0.05, 0.1) is 0 Å². The molecule has 1 aliphatic heterocycles. The molecule has 0 aromatic heterocycles.